The molecule has 0 amide bonds. The highest BCUT2D eigenvalue weighted by molar-refractivity contribution is 7.12. The van der Waals surface area contributed by atoms with Gasteiger partial charge in [-0.1, -0.05) is 44.2 Å². The minimum atomic E-state index is -0.276. The quantitative estimate of drug-likeness (QED) is 0.302. The van der Waals surface area contributed by atoms with Crippen molar-refractivity contribution in [2.45, 2.75) is 54.4 Å². The third-order valence-electron chi connectivity index (χ3n) is 4.11. The van der Waals surface area contributed by atoms with Crippen molar-refractivity contribution < 1.29 is 9.53 Å². The smallest absolute Gasteiger partial charge is 0.331 e. The van der Waals surface area contributed by atoms with Crippen LogP contribution >= 0.6 is 11.3 Å². The molecule has 0 aromatic carbocycles. The van der Waals surface area contributed by atoms with Crippen molar-refractivity contribution in [2.75, 3.05) is 6.61 Å². The first-order chi connectivity index (χ1) is 11.9. The molecule has 0 unspecified atom stereocenters. The summed E-state index contributed by atoms with van der Waals surface area (Å²) in [5.74, 6) is -0.276. The van der Waals surface area contributed by atoms with E-state index in [4.69, 9.17) is 4.74 Å². The molecule has 0 N–H and O–H groups in total. The van der Waals surface area contributed by atoms with Crippen LogP contribution in [0.3, 0.4) is 0 Å². The van der Waals surface area contributed by atoms with Crippen LogP contribution in [0, 0.1) is 20.8 Å². The summed E-state index contributed by atoms with van der Waals surface area (Å²) in [6.45, 7) is 12.9. The summed E-state index contributed by atoms with van der Waals surface area (Å²) in [7, 11) is 0. The van der Waals surface area contributed by atoms with Crippen molar-refractivity contribution in [3.63, 3.8) is 0 Å². The van der Waals surface area contributed by atoms with E-state index < -0.39 is 0 Å². The van der Waals surface area contributed by atoms with Crippen LogP contribution in [0.25, 0.3) is 6.08 Å². The zero-order chi connectivity index (χ0) is 18.8. The number of carbonyl (C=O) groups is 1. The van der Waals surface area contributed by atoms with E-state index in [0.29, 0.717) is 6.61 Å². The van der Waals surface area contributed by atoms with Gasteiger partial charge in [0, 0.05) is 15.8 Å². The van der Waals surface area contributed by atoms with E-state index >= 15 is 0 Å². The Labute approximate surface area is 156 Å². The molecule has 1 aromatic rings. The number of thiophene rings is 1. The Balaban J connectivity index is 2.88. The highest BCUT2D eigenvalue weighted by atomic mass is 32.1. The molecule has 0 bridgehead atoms. The lowest BCUT2D eigenvalue weighted by Gasteiger charge is -2.00. The van der Waals surface area contributed by atoms with Crippen molar-refractivity contribution in [1.82, 2.24) is 0 Å². The van der Waals surface area contributed by atoms with E-state index in [-0.39, 0.29) is 5.97 Å². The van der Waals surface area contributed by atoms with Crippen LogP contribution in [0.4, 0.5) is 0 Å². The monoisotopic (exact) mass is 358 g/mol. The highest BCUT2D eigenvalue weighted by Gasteiger charge is 2.05. The van der Waals surface area contributed by atoms with Crippen LogP contribution < -0.4 is 0 Å². The summed E-state index contributed by atoms with van der Waals surface area (Å²) >= 11 is 1.85. The molecule has 2 nitrogen and oxygen atoms in total. The first-order valence-electron chi connectivity index (χ1n) is 8.92. The van der Waals surface area contributed by atoms with E-state index in [0.717, 1.165) is 18.4 Å². The molecular formula is C22H30O2S. The maximum atomic E-state index is 11.5. The molecule has 0 spiro atoms. The van der Waals surface area contributed by atoms with Gasteiger partial charge in [-0.2, -0.15) is 0 Å². The number of esters is 1. The van der Waals surface area contributed by atoms with Crippen LogP contribution in [0.15, 0.2) is 41.5 Å². The number of allylic oxidation sites excluding steroid dienone is 6. The van der Waals surface area contributed by atoms with Gasteiger partial charge in [0.1, 0.15) is 0 Å². The van der Waals surface area contributed by atoms with E-state index in [1.54, 1.807) is 6.08 Å². The summed E-state index contributed by atoms with van der Waals surface area (Å²) in [6, 6.07) is 0. The topological polar surface area (TPSA) is 26.3 Å². The average Bonchev–Trinajstić information content (AvgIpc) is 2.82. The molecule has 0 aliphatic rings. The number of hydrogen-bond acceptors (Lipinski definition) is 3. The van der Waals surface area contributed by atoms with Gasteiger partial charge in [-0.15, -0.1) is 11.3 Å². The van der Waals surface area contributed by atoms with Crippen LogP contribution in [0.1, 0.15) is 54.5 Å². The standard InChI is InChI=1S/C22H30O2S/c1-7-19(13-14-21-16(4)17(5)25-18(21)6)11-10-12-20(8-2)15-22(23)24-9-3/h10-15H,7-9H2,1-6H3/b12-10+,14-13+,19-11+,20-15+. The van der Waals surface area contributed by atoms with E-state index in [9.17, 15) is 4.79 Å². The van der Waals surface area contributed by atoms with Gasteiger partial charge < -0.3 is 4.74 Å². The zero-order valence-electron chi connectivity index (χ0n) is 16.3. The van der Waals surface area contributed by atoms with Crippen molar-refractivity contribution in [3.05, 3.63) is 62.4 Å². The fraction of sp³-hybridized carbons (Fsp3) is 0.409. The predicted molar refractivity (Wildman–Crippen MR) is 110 cm³/mol. The second-order valence-corrected chi connectivity index (χ2v) is 7.29. The predicted octanol–water partition coefficient (Wildman–Crippen LogP) is 6.48. The van der Waals surface area contributed by atoms with E-state index in [1.807, 2.05) is 37.3 Å². The number of aryl methyl sites for hydroxylation is 2. The normalized spacial score (nSPS) is 13.2. The summed E-state index contributed by atoms with van der Waals surface area (Å²) in [5, 5.41) is 0. The average molecular weight is 359 g/mol. The van der Waals surface area contributed by atoms with Crippen LogP contribution in [0.2, 0.25) is 0 Å². The first kappa shape index (κ1) is 21.2. The maximum Gasteiger partial charge on any atom is 0.331 e. The second kappa shape index (κ2) is 10.9. The van der Waals surface area contributed by atoms with Crippen LogP contribution in [-0.4, -0.2) is 12.6 Å². The van der Waals surface area contributed by atoms with E-state index in [1.165, 1.54) is 26.5 Å². The summed E-state index contributed by atoms with van der Waals surface area (Å²) in [5.41, 5.74) is 4.93. The molecule has 0 saturated heterocycles. The number of rotatable bonds is 8. The Morgan fingerprint density at radius 2 is 1.68 bits per heavy atom. The van der Waals surface area contributed by atoms with Gasteiger partial charge in [0.05, 0.1) is 6.61 Å². The van der Waals surface area contributed by atoms with Crippen molar-refractivity contribution in [2.24, 2.45) is 0 Å². The fourth-order valence-corrected chi connectivity index (χ4v) is 3.49. The van der Waals surface area contributed by atoms with Crippen molar-refractivity contribution in [1.29, 1.82) is 0 Å². The van der Waals surface area contributed by atoms with Gasteiger partial charge in [0.25, 0.3) is 0 Å². The molecule has 1 aromatic heterocycles. The molecule has 0 aliphatic heterocycles. The molecule has 1 rings (SSSR count). The molecule has 0 saturated carbocycles. The molecule has 0 aliphatic carbocycles. The van der Waals surface area contributed by atoms with Gasteiger partial charge in [0.15, 0.2) is 0 Å². The fourth-order valence-electron chi connectivity index (χ4n) is 2.44. The molecule has 25 heavy (non-hydrogen) atoms. The SMILES string of the molecule is CCOC(=O)/C=C(/C=C/C=C(/C=C/c1c(C)sc(C)c1C)CC)CC. The largest absolute Gasteiger partial charge is 0.463 e. The lowest BCUT2D eigenvalue weighted by molar-refractivity contribution is -0.137. The summed E-state index contributed by atoms with van der Waals surface area (Å²) in [6.07, 6.45) is 13.8. The van der Waals surface area contributed by atoms with Gasteiger partial charge in [-0.3, -0.25) is 0 Å². The van der Waals surface area contributed by atoms with Gasteiger partial charge in [0.2, 0.25) is 0 Å². The van der Waals surface area contributed by atoms with Crippen molar-refractivity contribution >= 4 is 23.4 Å². The third kappa shape index (κ3) is 6.87. The Morgan fingerprint density at radius 1 is 1.00 bits per heavy atom. The Kier molecular flexibility index (Phi) is 9.22. The maximum absolute atomic E-state index is 11.5. The molecule has 1 heterocycles. The van der Waals surface area contributed by atoms with Gasteiger partial charge in [-0.25, -0.2) is 4.79 Å². The lowest BCUT2D eigenvalue weighted by atomic mass is 10.1. The summed E-state index contributed by atoms with van der Waals surface area (Å²) < 4.78 is 4.96. The zero-order valence-corrected chi connectivity index (χ0v) is 17.1. The van der Waals surface area contributed by atoms with Crippen LogP contribution in [0.5, 0.6) is 0 Å². The first-order valence-corrected chi connectivity index (χ1v) is 9.73. The molecular weight excluding hydrogens is 328 g/mol. The molecule has 136 valence electrons. The molecule has 3 heteroatoms. The number of ether oxygens (including phenoxy) is 1. The number of carbonyl (C=O) groups excluding carboxylic acids is 1. The second-order valence-electron chi connectivity index (χ2n) is 5.87. The minimum absolute atomic E-state index is 0.276. The highest BCUT2D eigenvalue weighted by Crippen LogP contribution is 2.28. The van der Waals surface area contributed by atoms with Gasteiger partial charge >= 0.3 is 5.97 Å². The van der Waals surface area contributed by atoms with Crippen LogP contribution in [-0.2, 0) is 9.53 Å². The Hall–Kier alpha value is -1.87. The Bertz CT molecular complexity index is 700. The number of hydrogen-bond donors (Lipinski definition) is 0. The lowest BCUT2D eigenvalue weighted by Crippen LogP contribution is -2.00. The molecule has 0 fully saturated rings. The van der Waals surface area contributed by atoms with Gasteiger partial charge in [-0.05, 0) is 62.8 Å². The van der Waals surface area contributed by atoms with E-state index in [2.05, 4.69) is 45.9 Å². The molecule has 0 atom stereocenters. The molecule has 0 radical (unpaired) electrons. The summed E-state index contributed by atoms with van der Waals surface area (Å²) in [4.78, 5) is 14.3. The minimum Gasteiger partial charge on any atom is -0.463 e. The third-order valence-corrected chi connectivity index (χ3v) is 5.25. The van der Waals surface area contributed by atoms with Crippen molar-refractivity contribution in [3.8, 4) is 0 Å². The Morgan fingerprint density at radius 3 is 2.20 bits per heavy atom.